The van der Waals surface area contributed by atoms with Crippen molar-refractivity contribution < 1.29 is 19.1 Å². The van der Waals surface area contributed by atoms with Gasteiger partial charge < -0.3 is 19.4 Å². The van der Waals surface area contributed by atoms with Gasteiger partial charge in [0.25, 0.3) is 11.8 Å². The van der Waals surface area contributed by atoms with Crippen LogP contribution < -0.4 is 0 Å². The number of hydrogen-bond donors (Lipinski definition) is 0. The molecule has 0 saturated carbocycles. The summed E-state index contributed by atoms with van der Waals surface area (Å²) in [6.45, 7) is 7.69. The number of piperidine rings is 1. The average Bonchev–Trinajstić information content (AvgIpc) is 2.73. The second kappa shape index (κ2) is 9.08. The molecule has 0 aromatic heterocycles. The molecule has 0 atom stereocenters. The molecule has 3 rings (SSSR count). The highest BCUT2D eigenvalue weighted by atomic mass is 16.6. The van der Waals surface area contributed by atoms with Crippen molar-refractivity contribution in [3.63, 3.8) is 0 Å². The molecule has 3 amide bonds. The van der Waals surface area contributed by atoms with Crippen molar-refractivity contribution in [3.05, 3.63) is 35.4 Å². The monoisotopic (exact) mass is 387 g/mol. The van der Waals surface area contributed by atoms with Crippen LogP contribution in [0.1, 0.15) is 47.4 Å². The highest BCUT2D eigenvalue weighted by Crippen LogP contribution is 2.19. The van der Waals surface area contributed by atoms with Crippen LogP contribution in [0.15, 0.2) is 24.3 Å². The van der Waals surface area contributed by atoms with E-state index < -0.39 is 0 Å². The van der Waals surface area contributed by atoms with E-state index in [2.05, 4.69) is 6.92 Å². The van der Waals surface area contributed by atoms with E-state index in [0.717, 1.165) is 25.9 Å². The predicted molar refractivity (Wildman–Crippen MR) is 105 cm³/mol. The molecule has 2 aliphatic rings. The number of likely N-dealkylation sites (tertiary alicyclic amines) is 1. The zero-order valence-corrected chi connectivity index (χ0v) is 16.7. The van der Waals surface area contributed by atoms with Crippen molar-refractivity contribution in [2.45, 2.75) is 26.7 Å². The summed E-state index contributed by atoms with van der Waals surface area (Å²) in [5.41, 5.74) is 1.08. The zero-order chi connectivity index (χ0) is 20.1. The number of carbonyl (C=O) groups is 3. The van der Waals surface area contributed by atoms with Gasteiger partial charge in [-0.3, -0.25) is 9.59 Å². The smallest absolute Gasteiger partial charge is 0.409 e. The minimum atomic E-state index is -0.335. The van der Waals surface area contributed by atoms with Gasteiger partial charge in [0.1, 0.15) is 0 Å². The van der Waals surface area contributed by atoms with Gasteiger partial charge in [-0.05, 0) is 43.9 Å². The van der Waals surface area contributed by atoms with Gasteiger partial charge in [0, 0.05) is 50.4 Å². The molecule has 1 aromatic carbocycles. The number of carbonyl (C=O) groups excluding carboxylic acids is 3. The van der Waals surface area contributed by atoms with Crippen LogP contribution in [-0.2, 0) is 4.74 Å². The summed E-state index contributed by atoms with van der Waals surface area (Å²) in [6, 6.07) is 6.98. The Morgan fingerprint density at radius 2 is 1.39 bits per heavy atom. The van der Waals surface area contributed by atoms with Gasteiger partial charge >= 0.3 is 6.09 Å². The quantitative estimate of drug-likeness (QED) is 0.799. The molecule has 2 fully saturated rings. The number of nitrogens with zero attached hydrogens (tertiary/aromatic N) is 3. The molecule has 0 N–H and O–H groups in total. The van der Waals surface area contributed by atoms with Crippen LogP contribution >= 0.6 is 0 Å². The number of benzene rings is 1. The van der Waals surface area contributed by atoms with Crippen molar-refractivity contribution in [1.82, 2.24) is 14.7 Å². The summed E-state index contributed by atoms with van der Waals surface area (Å²) in [5, 5.41) is 0. The highest BCUT2D eigenvalue weighted by Gasteiger charge is 2.26. The van der Waals surface area contributed by atoms with E-state index in [-0.39, 0.29) is 17.9 Å². The molecule has 2 aliphatic heterocycles. The number of piperazine rings is 1. The fraction of sp³-hybridized carbons (Fsp3) is 0.571. The van der Waals surface area contributed by atoms with Crippen LogP contribution in [0.3, 0.4) is 0 Å². The Bertz CT molecular complexity index is 720. The summed E-state index contributed by atoms with van der Waals surface area (Å²) in [5.74, 6) is 0.546. The lowest BCUT2D eigenvalue weighted by Crippen LogP contribution is -2.50. The molecule has 0 radical (unpaired) electrons. The predicted octanol–water partition coefficient (Wildman–Crippen LogP) is 2.47. The van der Waals surface area contributed by atoms with Gasteiger partial charge in [-0.2, -0.15) is 0 Å². The van der Waals surface area contributed by atoms with Crippen molar-refractivity contribution in [2.24, 2.45) is 5.92 Å². The Morgan fingerprint density at radius 1 is 0.893 bits per heavy atom. The van der Waals surface area contributed by atoms with Crippen molar-refractivity contribution in [1.29, 1.82) is 0 Å². The van der Waals surface area contributed by atoms with Crippen molar-refractivity contribution in [2.75, 3.05) is 45.9 Å². The number of rotatable bonds is 3. The number of ether oxygens (including phenoxy) is 1. The summed E-state index contributed by atoms with van der Waals surface area (Å²) in [6.07, 6.45) is 1.71. The topological polar surface area (TPSA) is 70.2 Å². The van der Waals surface area contributed by atoms with E-state index in [9.17, 15) is 14.4 Å². The standard InChI is InChI=1S/C21H29N3O4/c1-3-28-21(27)24-13-11-23(12-14-24)20(26)18-6-4-5-17(15-18)19(25)22-9-7-16(2)8-10-22/h4-6,15-16H,3,7-14H2,1-2H3. The lowest BCUT2D eigenvalue weighted by atomic mass is 9.98. The Hall–Kier alpha value is -2.57. The molecular formula is C21H29N3O4. The number of amides is 3. The largest absolute Gasteiger partial charge is 0.450 e. The molecular weight excluding hydrogens is 358 g/mol. The molecule has 0 spiro atoms. The first-order chi connectivity index (χ1) is 13.5. The summed E-state index contributed by atoms with van der Waals surface area (Å²) in [7, 11) is 0. The molecule has 1 aromatic rings. The lowest BCUT2D eigenvalue weighted by molar-refractivity contribution is 0.0570. The SMILES string of the molecule is CCOC(=O)N1CCN(C(=O)c2cccc(C(=O)N3CCC(C)CC3)c2)CC1. The van der Waals surface area contributed by atoms with Gasteiger partial charge in [0.15, 0.2) is 0 Å². The van der Waals surface area contributed by atoms with E-state index in [1.54, 1.807) is 41.0 Å². The summed E-state index contributed by atoms with van der Waals surface area (Å²) in [4.78, 5) is 42.7. The first-order valence-corrected chi connectivity index (χ1v) is 10.1. The van der Waals surface area contributed by atoms with E-state index in [1.807, 2.05) is 4.90 Å². The Balaban J connectivity index is 1.61. The van der Waals surface area contributed by atoms with Gasteiger partial charge in [-0.15, -0.1) is 0 Å². The van der Waals surface area contributed by atoms with Crippen LogP contribution in [0, 0.1) is 5.92 Å². The molecule has 0 unspecified atom stereocenters. The van der Waals surface area contributed by atoms with Gasteiger partial charge in [-0.25, -0.2) is 4.79 Å². The molecule has 2 saturated heterocycles. The Labute approximate surface area is 166 Å². The minimum absolute atomic E-state index is 0.00585. The van der Waals surface area contributed by atoms with Crippen LogP contribution in [0.2, 0.25) is 0 Å². The molecule has 0 bridgehead atoms. The molecule has 2 heterocycles. The molecule has 28 heavy (non-hydrogen) atoms. The van der Waals surface area contributed by atoms with E-state index >= 15 is 0 Å². The second-order valence-corrected chi connectivity index (χ2v) is 7.53. The van der Waals surface area contributed by atoms with Gasteiger partial charge in [0.2, 0.25) is 0 Å². The van der Waals surface area contributed by atoms with Gasteiger partial charge in [-0.1, -0.05) is 13.0 Å². The fourth-order valence-electron chi connectivity index (χ4n) is 3.67. The van der Waals surface area contributed by atoms with Crippen LogP contribution in [0.25, 0.3) is 0 Å². The lowest BCUT2D eigenvalue weighted by Gasteiger charge is -2.34. The third kappa shape index (κ3) is 4.64. The number of hydrogen-bond acceptors (Lipinski definition) is 4. The zero-order valence-electron chi connectivity index (χ0n) is 16.7. The van der Waals surface area contributed by atoms with Crippen molar-refractivity contribution in [3.8, 4) is 0 Å². The van der Waals surface area contributed by atoms with E-state index in [4.69, 9.17) is 4.74 Å². The van der Waals surface area contributed by atoms with Crippen LogP contribution in [0.4, 0.5) is 4.79 Å². The maximum absolute atomic E-state index is 12.9. The van der Waals surface area contributed by atoms with Crippen LogP contribution in [-0.4, -0.2) is 78.5 Å². The summed E-state index contributed by atoms with van der Waals surface area (Å²) < 4.78 is 5.01. The maximum Gasteiger partial charge on any atom is 0.409 e. The molecule has 152 valence electrons. The van der Waals surface area contributed by atoms with Crippen molar-refractivity contribution >= 4 is 17.9 Å². The molecule has 0 aliphatic carbocycles. The van der Waals surface area contributed by atoms with E-state index in [1.165, 1.54) is 0 Å². The first-order valence-electron chi connectivity index (χ1n) is 10.1. The Kier molecular flexibility index (Phi) is 6.54. The van der Waals surface area contributed by atoms with Crippen LogP contribution in [0.5, 0.6) is 0 Å². The fourth-order valence-corrected chi connectivity index (χ4v) is 3.67. The van der Waals surface area contributed by atoms with Gasteiger partial charge in [0.05, 0.1) is 6.61 Å². The Morgan fingerprint density at radius 3 is 1.93 bits per heavy atom. The summed E-state index contributed by atoms with van der Waals surface area (Å²) >= 11 is 0. The molecule has 7 heteroatoms. The third-order valence-electron chi connectivity index (χ3n) is 5.52. The van der Waals surface area contributed by atoms with E-state index in [0.29, 0.717) is 49.8 Å². The first kappa shape index (κ1) is 20.2. The third-order valence-corrected chi connectivity index (χ3v) is 5.52. The maximum atomic E-state index is 12.9. The minimum Gasteiger partial charge on any atom is -0.450 e. The second-order valence-electron chi connectivity index (χ2n) is 7.53. The highest BCUT2D eigenvalue weighted by molar-refractivity contribution is 5.99. The molecule has 7 nitrogen and oxygen atoms in total. The average molecular weight is 387 g/mol. The normalized spacial score (nSPS) is 18.1.